The SMILES string of the molecule is CCCC(C)=NC(=O)NCC(F)(F)F. The van der Waals surface area contributed by atoms with Crippen LogP contribution in [0.25, 0.3) is 0 Å². The summed E-state index contributed by atoms with van der Waals surface area (Å²) in [5, 5.41) is 1.66. The van der Waals surface area contributed by atoms with E-state index in [-0.39, 0.29) is 0 Å². The van der Waals surface area contributed by atoms with Crippen molar-refractivity contribution < 1.29 is 18.0 Å². The number of alkyl halides is 3. The van der Waals surface area contributed by atoms with Gasteiger partial charge < -0.3 is 5.32 Å². The number of hydrogen-bond donors (Lipinski definition) is 1. The van der Waals surface area contributed by atoms with Crippen molar-refractivity contribution >= 4 is 11.7 Å². The van der Waals surface area contributed by atoms with Crippen molar-refractivity contribution in [3.8, 4) is 0 Å². The zero-order valence-electron chi connectivity index (χ0n) is 8.11. The molecular formula is C8H13F3N2O. The summed E-state index contributed by atoms with van der Waals surface area (Å²) in [5.41, 5.74) is 0.534. The average Bonchev–Trinajstić information content (AvgIpc) is 2.00. The number of halogens is 3. The normalized spacial score (nSPS) is 12.8. The van der Waals surface area contributed by atoms with Crippen LogP contribution in [0.15, 0.2) is 4.99 Å². The first-order valence-electron chi connectivity index (χ1n) is 4.24. The molecule has 0 fully saturated rings. The second-order valence-electron chi connectivity index (χ2n) is 2.87. The van der Waals surface area contributed by atoms with Crippen LogP contribution in [0.4, 0.5) is 18.0 Å². The lowest BCUT2D eigenvalue weighted by Gasteiger charge is -2.05. The standard InChI is InChI=1S/C8H13F3N2O/c1-3-4-6(2)13-7(14)12-5-8(9,10)11/h3-5H2,1-2H3,(H,12,14). The molecule has 3 nitrogen and oxygen atoms in total. The molecule has 0 radical (unpaired) electrons. The third-order valence-electron chi connectivity index (χ3n) is 1.34. The molecular weight excluding hydrogens is 197 g/mol. The maximum absolute atomic E-state index is 11.6. The zero-order valence-corrected chi connectivity index (χ0v) is 8.11. The molecule has 0 aromatic heterocycles. The van der Waals surface area contributed by atoms with Crippen LogP contribution < -0.4 is 5.32 Å². The second-order valence-corrected chi connectivity index (χ2v) is 2.87. The molecule has 82 valence electrons. The molecule has 0 aliphatic heterocycles. The van der Waals surface area contributed by atoms with Gasteiger partial charge in [-0.25, -0.2) is 9.79 Å². The van der Waals surface area contributed by atoms with Crippen LogP contribution in [0, 0.1) is 0 Å². The number of hydrogen-bond acceptors (Lipinski definition) is 1. The highest BCUT2D eigenvalue weighted by atomic mass is 19.4. The van der Waals surface area contributed by atoms with Gasteiger partial charge in [0.2, 0.25) is 0 Å². The summed E-state index contributed by atoms with van der Waals surface area (Å²) < 4.78 is 34.9. The van der Waals surface area contributed by atoms with Crippen LogP contribution in [0.3, 0.4) is 0 Å². The van der Waals surface area contributed by atoms with Gasteiger partial charge in [-0.05, 0) is 13.3 Å². The highest BCUT2D eigenvalue weighted by Gasteiger charge is 2.27. The van der Waals surface area contributed by atoms with Gasteiger partial charge in [0.1, 0.15) is 6.54 Å². The monoisotopic (exact) mass is 210 g/mol. The summed E-state index contributed by atoms with van der Waals surface area (Å²) in [6, 6.07) is -0.937. The van der Waals surface area contributed by atoms with Gasteiger partial charge in [-0.1, -0.05) is 13.3 Å². The molecule has 0 atom stereocenters. The number of nitrogens with one attached hydrogen (secondary N) is 1. The maximum atomic E-state index is 11.6. The van der Waals surface area contributed by atoms with E-state index in [2.05, 4.69) is 4.99 Å². The third-order valence-corrected chi connectivity index (χ3v) is 1.34. The first-order chi connectivity index (χ1) is 6.35. The lowest BCUT2D eigenvalue weighted by Crippen LogP contribution is -2.32. The molecule has 6 heteroatoms. The number of carbonyl (C=O) groups excluding carboxylic acids is 1. The number of aliphatic imine (C=N–C) groups is 1. The number of carbonyl (C=O) groups is 1. The summed E-state index contributed by atoms with van der Waals surface area (Å²) in [5.74, 6) is 0. The number of amides is 2. The first kappa shape index (κ1) is 12.9. The fraction of sp³-hybridized carbons (Fsp3) is 0.750. The summed E-state index contributed by atoms with van der Waals surface area (Å²) in [6.45, 7) is 2.16. The summed E-state index contributed by atoms with van der Waals surface area (Å²) in [7, 11) is 0. The molecule has 0 aliphatic carbocycles. The van der Waals surface area contributed by atoms with Gasteiger partial charge in [0.15, 0.2) is 0 Å². The van der Waals surface area contributed by atoms with E-state index in [0.29, 0.717) is 12.1 Å². The zero-order chi connectivity index (χ0) is 11.2. The second kappa shape index (κ2) is 5.62. The lowest BCUT2D eigenvalue weighted by molar-refractivity contribution is -0.122. The fourth-order valence-electron chi connectivity index (χ4n) is 0.806. The predicted molar refractivity (Wildman–Crippen MR) is 47.5 cm³/mol. The lowest BCUT2D eigenvalue weighted by atomic mass is 10.2. The van der Waals surface area contributed by atoms with Crippen LogP contribution in [0.2, 0.25) is 0 Å². The van der Waals surface area contributed by atoms with Crippen molar-refractivity contribution in [2.45, 2.75) is 32.9 Å². The van der Waals surface area contributed by atoms with E-state index < -0.39 is 18.8 Å². The van der Waals surface area contributed by atoms with Crippen LogP contribution in [-0.2, 0) is 0 Å². The molecule has 0 saturated carbocycles. The van der Waals surface area contributed by atoms with E-state index in [1.165, 1.54) is 0 Å². The van der Waals surface area contributed by atoms with Crippen molar-refractivity contribution in [3.05, 3.63) is 0 Å². The third kappa shape index (κ3) is 7.57. The van der Waals surface area contributed by atoms with Crippen molar-refractivity contribution in [3.63, 3.8) is 0 Å². The Morgan fingerprint density at radius 1 is 1.43 bits per heavy atom. The van der Waals surface area contributed by atoms with Gasteiger partial charge >= 0.3 is 12.2 Å². The van der Waals surface area contributed by atoms with Gasteiger partial charge in [-0.2, -0.15) is 13.2 Å². The Labute approximate surface area is 80.4 Å². The van der Waals surface area contributed by atoms with Crippen LogP contribution in [0.1, 0.15) is 26.7 Å². The molecule has 0 unspecified atom stereocenters. The smallest absolute Gasteiger partial charge is 0.327 e. The minimum atomic E-state index is -4.39. The molecule has 0 aliphatic rings. The van der Waals surface area contributed by atoms with Crippen molar-refractivity contribution in [1.82, 2.24) is 5.32 Å². The fourth-order valence-corrected chi connectivity index (χ4v) is 0.806. The molecule has 14 heavy (non-hydrogen) atoms. The average molecular weight is 210 g/mol. The molecule has 0 spiro atoms. The van der Waals surface area contributed by atoms with Crippen LogP contribution >= 0.6 is 0 Å². The topological polar surface area (TPSA) is 41.5 Å². The molecule has 1 N–H and O–H groups in total. The Kier molecular flexibility index (Phi) is 5.19. The van der Waals surface area contributed by atoms with E-state index >= 15 is 0 Å². The highest BCUT2D eigenvalue weighted by molar-refractivity contribution is 5.93. The number of nitrogens with zero attached hydrogens (tertiary/aromatic N) is 1. The Bertz CT molecular complexity index is 223. The predicted octanol–water partition coefficient (Wildman–Crippen LogP) is 2.52. The quantitative estimate of drug-likeness (QED) is 0.714. The minimum Gasteiger partial charge on any atom is -0.327 e. The molecule has 2 amide bonds. The van der Waals surface area contributed by atoms with Gasteiger partial charge in [-0.3, -0.25) is 0 Å². The van der Waals surface area contributed by atoms with Crippen molar-refractivity contribution in [2.75, 3.05) is 6.54 Å². The Morgan fingerprint density at radius 2 is 2.00 bits per heavy atom. The molecule has 0 rings (SSSR count). The van der Waals surface area contributed by atoms with Gasteiger partial charge in [0.05, 0.1) is 0 Å². The highest BCUT2D eigenvalue weighted by Crippen LogP contribution is 2.12. The van der Waals surface area contributed by atoms with E-state index in [1.807, 2.05) is 6.92 Å². The van der Waals surface area contributed by atoms with Crippen molar-refractivity contribution in [1.29, 1.82) is 0 Å². The van der Waals surface area contributed by atoms with Gasteiger partial charge in [0.25, 0.3) is 0 Å². The molecule has 0 bridgehead atoms. The molecule has 0 aromatic carbocycles. The summed E-state index contributed by atoms with van der Waals surface area (Å²) >= 11 is 0. The number of urea groups is 1. The van der Waals surface area contributed by atoms with Gasteiger partial charge in [-0.15, -0.1) is 0 Å². The Hall–Kier alpha value is -1.07. The molecule has 0 heterocycles. The van der Waals surface area contributed by atoms with E-state index in [1.54, 1.807) is 12.2 Å². The van der Waals surface area contributed by atoms with Gasteiger partial charge in [0, 0.05) is 5.71 Å². The van der Waals surface area contributed by atoms with E-state index in [9.17, 15) is 18.0 Å². The van der Waals surface area contributed by atoms with E-state index in [0.717, 1.165) is 6.42 Å². The largest absolute Gasteiger partial charge is 0.405 e. The van der Waals surface area contributed by atoms with Crippen LogP contribution in [0.5, 0.6) is 0 Å². The Balaban J connectivity index is 3.92. The minimum absolute atomic E-state index is 0.534. The Morgan fingerprint density at radius 3 is 2.43 bits per heavy atom. The first-order valence-corrected chi connectivity index (χ1v) is 4.24. The van der Waals surface area contributed by atoms with Crippen LogP contribution in [-0.4, -0.2) is 24.5 Å². The maximum Gasteiger partial charge on any atom is 0.405 e. The molecule has 0 aromatic rings. The number of rotatable bonds is 3. The summed E-state index contributed by atoms with van der Waals surface area (Å²) in [6.07, 6.45) is -2.97. The summed E-state index contributed by atoms with van der Waals surface area (Å²) in [4.78, 5) is 14.2. The van der Waals surface area contributed by atoms with E-state index in [4.69, 9.17) is 0 Å². The van der Waals surface area contributed by atoms with Crippen molar-refractivity contribution in [2.24, 2.45) is 4.99 Å². The molecule has 0 saturated heterocycles.